The van der Waals surface area contributed by atoms with Crippen molar-refractivity contribution in [2.24, 2.45) is 0 Å². The molecule has 0 N–H and O–H groups in total. The van der Waals surface area contributed by atoms with E-state index in [9.17, 15) is 4.79 Å². The van der Waals surface area contributed by atoms with E-state index < -0.39 is 0 Å². The predicted octanol–water partition coefficient (Wildman–Crippen LogP) is 2.32. The van der Waals surface area contributed by atoms with E-state index in [0.717, 1.165) is 29.4 Å². The maximum Gasteiger partial charge on any atom is 0.261 e. The average molecular weight is 329 g/mol. The van der Waals surface area contributed by atoms with Gasteiger partial charge in [-0.2, -0.15) is 0 Å². The summed E-state index contributed by atoms with van der Waals surface area (Å²) in [4.78, 5) is 18.9. The Hall–Kier alpha value is -2.34. The number of para-hydroxylation sites is 1. The molecule has 0 radical (unpaired) electrons. The average Bonchev–Trinajstić information content (AvgIpc) is 2.98. The van der Waals surface area contributed by atoms with Gasteiger partial charge in [0.05, 0.1) is 24.5 Å². The van der Waals surface area contributed by atoms with Crippen molar-refractivity contribution in [3.8, 4) is 5.75 Å². The van der Waals surface area contributed by atoms with E-state index >= 15 is 0 Å². The molecule has 0 bridgehead atoms. The van der Waals surface area contributed by atoms with Crippen LogP contribution < -0.4 is 4.74 Å². The van der Waals surface area contributed by atoms with Gasteiger partial charge in [-0.3, -0.25) is 4.79 Å². The maximum atomic E-state index is 12.6. The van der Waals surface area contributed by atoms with Gasteiger partial charge in [0.1, 0.15) is 11.6 Å². The molecule has 1 aliphatic rings. The summed E-state index contributed by atoms with van der Waals surface area (Å²) in [5.41, 5.74) is 2.07. The van der Waals surface area contributed by atoms with E-state index in [0.29, 0.717) is 13.2 Å². The quantitative estimate of drug-likeness (QED) is 0.845. The minimum absolute atomic E-state index is 0.0201. The number of fused-ring (bicyclic) bond motifs is 1. The Labute approximate surface area is 142 Å². The first-order chi connectivity index (χ1) is 11.6. The molecule has 0 saturated carbocycles. The number of carbonyl (C=O) groups excluding carboxylic acids is 1. The van der Waals surface area contributed by atoms with Crippen molar-refractivity contribution in [2.45, 2.75) is 33.0 Å². The molecule has 1 amide bonds. The molecule has 0 unspecified atom stereocenters. The summed E-state index contributed by atoms with van der Waals surface area (Å²) in [7, 11) is 1.67. The SMILES string of the molecule is COCc1cnc2n1CCN(C(=O)COc1ccccc1C)[C@H]2C. The molecule has 24 heavy (non-hydrogen) atoms. The lowest BCUT2D eigenvalue weighted by atomic mass is 10.2. The van der Waals surface area contributed by atoms with Crippen LogP contribution in [0, 0.1) is 6.92 Å². The summed E-state index contributed by atoms with van der Waals surface area (Å²) >= 11 is 0. The van der Waals surface area contributed by atoms with Gasteiger partial charge in [-0.15, -0.1) is 0 Å². The number of ether oxygens (including phenoxy) is 2. The Balaban J connectivity index is 1.67. The van der Waals surface area contributed by atoms with Gasteiger partial charge in [-0.05, 0) is 25.5 Å². The molecule has 6 heteroatoms. The summed E-state index contributed by atoms with van der Waals surface area (Å²) in [5.74, 6) is 1.63. The van der Waals surface area contributed by atoms with Gasteiger partial charge >= 0.3 is 0 Å². The van der Waals surface area contributed by atoms with Gasteiger partial charge in [0.15, 0.2) is 6.61 Å². The van der Waals surface area contributed by atoms with Crippen LogP contribution in [0.4, 0.5) is 0 Å². The Morgan fingerprint density at radius 1 is 1.33 bits per heavy atom. The van der Waals surface area contributed by atoms with Crippen molar-refractivity contribution in [3.05, 3.63) is 47.5 Å². The number of aryl methyl sites for hydroxylation is 1. The second-order valence-electron chi connectivity index (χ2n) is 6.01. The van der Waals surface area contributed by atoms with Crippen LogP contribution >= 0.6 is 0 Å². The molecule has 2 aromatic rings. The zero-order chi connectivity index (χ0) is 17.1. The highest BCUT2D eigenvalue weighted by Crippen LogP contribution is 2.26. The lowest BCUT2D eigenvalue weighted by Crippen LogP contribution is -2.43. The zero-order valence-corrected chi connectivity index (χ0v) is 14.4. The molecule has 0 fully saturated rings. The predicted molar refractivity (Wildman–Crippen MR) is 89.7 cm³/mol. The Kier molecular flexibility index (Phi) is 4.85. The molecule has 0 saturated heterocycles. The largest absolute Gasteiger partial charge is 0.484 e. The summed E-state index contributed by atoms with van der Waals surface area (Å²) < 4.78 is 13.0. The fourth-order valence-corrected chi connectivity index (χ4v) is 3.10. The first-order valence-corrected chi connectivity index (χ1v) is 8.13. The molecule has 1 aliphatic heterocycles. The van der Waals surface area contributed by atoms with E-state index in [1.54, 1.807) is 7.11 Å². The lowest BCUT2D eigenvalue weighted by molar-refractivity contribution is -0.136. The molecule has 6 nitrogen and oxygen atoms in total. The van der Waals surface area contributed by atoms with E-state index in [-0.39, 0.29) is 18.6 Å². The molecule has 128 valence electrons. The minimum atomic E-state index is -0.0719. The van der Waals surface area contributed by atoms with E-state index in [1.807, 2.05) is 49.2 Å². The number of benzene rings is 1. The Morgan fingerprint density at radius 3 is 2.88 bits per heavy atom. The summed E-state index contributed by atoms with van der Waals surface area (Å²) in [6.45, 7) is 5.92. The van der Waals surface area contributed by atoms with Gasteiger partial charge in [0, 0.05) is 20.2 Å². The number of amides is 1. The topological polar surface area (TPSA) is 56.6 Å². The van der Waals surface area contributed by atoms with Gasteiger partial charge in [0.25, 0.3) is 5.91 Å². The number of nitrogens with zero attached hydrogens (tertiary/aromatic N) is 3. The first-order valence-electron chi connectivity index (χ1n) is 8.13. The van der Waals surface area contributed by atoms with Crippen molar-refractivity contribution < 1.29 is 14.3 Å². The maximum absolute atomic E-state index is 12.6. The molecule has 1 aromatic carbocycles. The first kappa shape index (κ1) is 16.5. The molecule has 3 rings (SSSR count). The van der Waals surface area contributed by atoms with Crippen LogP contribution in [0.25, 0.3) is 0 Å². The number of hydrogen-bond acceptors (Lipinski definition) is 4. The zero-order valence-electron chi connectivity index (χ0n) is 14.4. The minimum Gasteiger partial charge on any atom is -0.484 e. The summed E-state index contributed by atoms with van der Waals surface area (Å²) in [6.07, 6.45) is 1.83. The summed E-state index contributed by atoms with van der Waals surface area (Å²) in [5, 5.41) is 0. The fraction of sp³-hybridized carbons (Fsp3) is 0.444. The molecule has 0 spiro atoms. The third-order valence-corrected chi connectivity index (χ3v) is 4.43. The third-order valence-electron chi connectivity index (χ3n) is 4.43. The van der Waals surface area contributed by atoms with E-state index in [4.69, 9.17) is 9.47 Å². The van der Waals surface area contributed by atoms with Gasteiger partial charge in [-0.25, -0.2) is 4.98 Å². The van der Waals surface area contributed by atoms with Crippen LogP contribution in [0.1, 0.15) is 30.0 Å². The molecular formula is C18H23N3O3. The van der Waals surface area contributed by atoms with Gasteiger partial charge in [-0.1, -0.05) is 18.2 Å². The van der Waals surface area contributed by atoms with Crippen molar-refractivity contribution in [1.29, 1.82) is 0 Å². The normalized spacial score (nSPS) is 16.8. The standard InChI is InChI=1S/C18H23N3O3/c1-13-6-4-5-7-16(13)24-12-17(22)20-8-9-21-15(11-23-3)10-19-18(21)14(20)2/h4-7,10,14H,8-9,11-12H2,1-3H3/t14-/m0/s1. The number of carbonyl (C=O) groups is 1. The van der Waals surface area contributed by atoms with Gasteiger partial charge in [0.2, 0.25) is 0 Å². The summed E-state index contributed by atoms with van der Waals surface area (Å²) in [6, 6.07) is 7.64. The fourth-order valence-electron chi connectivity index (χ4n) is 3.10. The van der Waals surface area contributed by atoms with Crippen LogP contribution in [-0.4, -0.2) is 40.6 Å². The van der Waals surface area contributed by atoms with E-state index in [2.05, 4.69) is 9.55 Å². The monoisotopic (exact) mass is 329 g/mol. The number of hydrogen-bond donors (Lipinski definition) is 0. The molecule has 1 atom stereocenters. The van der Waals surface area contributed by atoms with Crippen LogP contribution in [0.2, 0.25) is 0 Å². The van der Waals surface area contributed by atoms with Crippen LogP contribution in [0.3, 0.4) is 0 Å². The highest BCUT2D eigenvalue weighted by atomic mass is 16.5. The van der Waals surface area contributed by atoms with Crippen LogP contribution in [0.5, 0.6) is 5.75 Å². The van der Waals surface area contributed by atoms with Crippen molar-refractivity contribution in [1.82, 2.24) is 14.5 Å². The second kappa shape index (κ2) is 7.05. The van der Waals surface area contributed by atoms with E-state index in [1.165, 1.54) is 0 Å². The highest BCUT2D eigenvalue weighted by molar-refractivity contribution is 5.78. The number of aromatic nitrogens is 2. The number of methoxy groups -OCH3 is 1. The van der Waals surface area contributed by atoms with Crippen molar-refractivity contribution in [3.63, 3.8) is 0 Å². The molecule has 1 aromatic heterocycles. The van der Waals surface area contributed by atoms with Crippen LogP contribution in [-0.2, 0) is 22.7 Å². The van der Waals surface area contributed by atoms with Crippen molar-refractivity contribution >= 4 is 5.91 Å². The highest BCUT2D eigenvalue weighted by Gasteiger charge is 2.30. The van der Waals surface area contributed by atoms with Gasteiger partial charge < -0.3 is 18.9 Å². The second-order valence-corrected chi connectivity index (χ2v) is 6.01. The smallest absolute Gasteiger partial charge is 0.261 e. The van der Waals surface area contributed by atoms with Crippen LogP contribution in [0.15, 0.2) is 30.5 Å². The number of rotatable bonds is 5. The Morgan fingerprint density at radius 2 is 2.12 bits per heavy atom. The molecule has 0 aliphatic carbocycles. The van der Waals surface area contributed by atoms with Crippen molar-refractivity contribution in [2.75, 3.05) is 20.3 Å². The Bertz CT molecular complexity index is 726. The molecular weight excluding hydrogens is 306 g/mol. The third kappa shape index (κ3) is 3.14. The number of imidazole rings is 1. The lowest BCUT2D eigenvalue weighted by Gasteiger charge is -2.34. The molecule has 2 heterocycles.